The number of hydrogen-bond acceptors (Lipinski definition) is 5. The summed E-state index contributed by atoms with van der Waals surface area (Å²) in [5.41, 5.74) is 3.65. The van der Waals surface area contributed by atoms with Crippen LogP contribution in [0, 0.1) is 6.92 Å². The van der Waals surface area contributed by atoms with Crippen molar-refractivity contribution in [3.8, 4) is 5.75 Å². The van der Waals surface area contributed by atoms with E-state index < -0.39 is 5.97 Å². The molecule has 0 aliphatic carbocycles. The maximum Gasteiger partial charge on any atom is 0.335 e. The predicted molar refractivity (Wildman–Crippen MR) is 131 cm³/mol. The lowest BCUT2D eigenvalue weighted by molar-refractivity contribution is -0.121. The van der Waals surface area contributed by atoms with Crippen LogP contribution in [0.1, 0.15) is 27.0 Å². The first-order chi connectivity index (χ1) is 15.9. The van der Waals surface area contributed by atoms with E-state index in [1.54, 1.807) is 25.3 Å². The van der Waals surface area contributed by atoms with Crippen molar-refractivity contribution in [1.82, 2.24) is 4.90 Å². The highest BCUT2D eigenvalue weighted by molar-refractivity contribution is 8.18. The van der Waals surface area contributed by atoms with Crippen LogP contribution < -0.4 is 4.74 Å². The second kappa shape index (κ2) is 9.75. The van der Waals surface area contributed by atoms with Crippen LogP contribution >= 0.6 is 11.8 Å². The summed E-state index contributed by atoms with van der Waals surface area (Å²) in [5.74, 6) is -0.521. The number of para-hydroxylation sites is 1. The van der Waals surface area contributed by atoms with Gasteiger partial charge in [0.25, 0.3) is 5.91 Å². The summed E-state index contributed by atoms with van der Waals surface area (Å²) in [4.78, 5) is 30.5. The third-order valence-electron chi connectivity index (χ3n) is 5.00. The Morgan fingerprint density at radius 3 is 2.67 bits per heavy atom. The Morgan fingerprint density at radius 2 is 1.88 bits per heavy atom. The number of rotatable bonds is 6. The van der Waals surface area contributed by atoms with Crippen molar-refractivity contribution in [2.45, 2.75) is 13.5 Å². The van der Waals surface area contributed by atoms with Crippen LogP contribution in [0.15, 0.2) is 82.7 Å². The van der Waals surface area contributed by atoms with E-state index in [9.17, 15) is 14.7 Å². The van der Waals surface area contributed by atoms with Gasteiger partial charge in [0.1, 0.15) is 12.4 Å². The van der Waals surface area contributed by atoms with Crippen LogP contribution in [0.5, 0.6) is 5.75 Å². The van der Waals surface area contributed by atoms with Crippen LogP contribution in [0.3, 0.4) is 0 Å². The minimum atomic E-state index is -1.02. The van der Waals surface area contributed by atoms with Crippen molar-refractivity contribution >= 4 is 40.6 Å². The molecule has 1 aliphatic rings. The fraction of sp³-hybridized carbons (Fsp3) is 0.115. The summed E-state index contributed by atoms with van der Waals surface area (Å²) in [6.07, 6.45) is 1.80. The highest BCUT2D eigenvalue weighted by Crippen LogP contribution is 2.35. The van der Waals surface area contributed by atoms with Crippen LogP contribution in [-0.2, 0) is 11.4 Å². The Labute approximate surface area is 196 Å². The van der Waals surface area contributed by atoms with Crippen molar-refractivity contribution in [2.75, 3.05) is 7.05 Å². The van der Waals surface area contributed by atoms with Crippen molar-refractivity contribution in [3.63, 3.8) is 0 Å². The molecule has 1 fully saturated rings. The molecule has 1 amide bonds. The molecule has 33 heavy (non-hydrogen) atoms. The van der Waals surface area contributed by atoms with Gasteiger partial charge in [0.05, 0.1) is 16.2 Å². The number of carbonyl (C=O) groups is 2. The number of hydrogen-bond donors (Lipinski definition) is 1. The molecule has 1 aliphatic heterocycles. The highest BCUT2D eigenvalue weighted by Gasteiger charge is 2.30. The summed E-state index contributed by atoms with van der Waals surface area (Å²) in [6.45, 7) is 2.47. The number of benzene rings is 3. The number of ether oxygens (including phenoxy) is 1. The van der Waals surface area contributed by atoms with Crippen molar-refractivity contribution in [3.05, 3.63) is 100.0 Å². The zero-order valence-electron chi connectivity index (χ0n) is 18.2. The molecular weight excluding hydrogens is 436 g/mol. The predicted octanol–water partition coefficient (Wildman–Crippen LogP) is 5.51. The van der Waals surface area contributed by atoms with Crippen LogP contribution in [0.25, 0.3) is 6.08 Å². The van der Waals surface area contributed by atoms with E-state index in [-0.39, 0.29) is 11.5 Å². The van der Waals surface area contributed by atoms with Gasteiger partial charge in [0.2, 0.25) is 0 Å². The Balaban J connectivity index is 1.57. The van der Waals surface area contributed by atoms with E-state index in [1.807, 2.05) is 49.4 Å². The van der Waals surface area contributed by atoms with Gasteiger partial charge in [-0.05, 0) is 54.6 Å². The summed E-state index contributed by atoms with van der Waals surface area (Å²) in [7, 11) is 1.65. The van der Waals surface area contributed by atoms with Gasteiger partial charge in [-0.25, -0.2) is 9.79 Å². The maximum absolute atomic E-state index is 12.8. The normalized spacial score (nSPS) is 15.9. The Kier molecular flexibility index (Phi) is 6.60. The topological polar surface area (TPSA) is 79.2 Å². The van der Waals surface area contributed by atoms with Gasteiger partial charge < -0.3 is 9.84 Å². The minimum Gasteiger partial charge on any atom is -0.488 e. The van der Waals surface area contributed by atoms with Gasteiger partial charge in [-0.2, -0.15) is 0 Å². The van der Waals surface area contributed by atoms with E-state index in [0.717, 1.165) is 11.1 Å². The van der Waals surface area contributed by atoms with Crippen molar-refractivity contribution < 1.29 is 19.4 Å². The molecule has 3 aromatic rings. The number of carbonyl (C=O) groups excluding carboxylic acids is 1. The first kappa shape index (κ1) is 22.4. The van der Waals surface area contributed by atoms with E-state index in [4.69, 9.17) is 4.74 Å². The minimum absolute atomic E-state index is 0.143. The molecule has 7 heteroatoms. The van der Waals surface area contributed by atoms with E-state index >= 15 is 0 Å². The van der Waals surface area contributed by atoms with Crippen molar-refractivity contribution in [2.24, 2.45) is 4.99 Å². The first-order valence-corrected chi connectivity index (χ1v) is 11.1. The third-order valence-corrected chi connectivity index (χ3v) is 6.06. The molecule has 0 unspecified atom stereocenters. The first-order valence-electron chi connectivity index (χ1n) is 10.3. The van der Waals surface area contributed by atoms with Gasteiger partial charge in [-0.1, -0.05) is 54.1 Å². The summed E-state index contributed by atoms with van der Waals surface area (Å²) >= 11 is 1.24. The molecule has 0 atom stereocenters. The molecule has 0 bridgehead atoms. The maximum atomic E-state index is 12.8. The van der Waals surface area contributed by atoms with E-state index in [0.29, 0.717) is 28.1 Å². The molecule has 6 nitrogen and oxygen atoms in total. The number of amides is 1. The van der Waals surface area contributed by atoms with Crippen LogP contribution in [-0.4, -0.2) is 34.1 Å². The number of thioether (sulfide) groups is 1. The molecule has 1 N–H and O–H groups in total. The average molecular weight is 459 g/mol. The second-order valence-electron chi connectivity index (χ2n) is 7.54. The SMILES string of the molecule is Cc1cccc(COc2ccccc2/C=C2\SC(=Nc3cccc(C(=O)O)c3)N(C)C2=O)c1. The number of nitrogens with zero attached hydrogens (tertiary/aromatic N) is 2. The molecule has 3 aromatic carbocycles. The van der Waals surface area contributed by atoms with Gasteiger partial charge in [0.15, 0.2) is 5.17 Å². The molecule has 0 radical (unpaired) electrons. The number of likely N-dealkylation sites (N-methyl/N-ethyl adjacent to an activating group) is 1. The number of aliphatic imine (C=N–C) groups is 1. The molecule has 0 saturated carbocycles. The second-order valence-corrected chi connectivity index (χ2v) is 8.55. The zero-order chi connectivity index (χ0) is 23.4. The van der Waals surface area contributed by atoms with Crippen LogP contribution in [0.4, 0.5) is 5.69 Å². The smallest absolute Gasteiger partial charge is 0.335 e. The Bertz CT molecular complexity index is 1280. The summed E-state index contributed by atoms with van der Waals surface area (Å²) in [6, 6.07) is 22.0. The molecule has 0 spiro atoms. The summed E-state index contributed by atoms with van der Waals surface area (Å²) < 4.78 is 6.04. The standard InChI is InChI=1S/C26H22N2O4S/c1-17-7-5-8-18(13-17)16-32-22-12-4-3-9-19(22)15-23-24(29)28(2)26(33-23)27-21-11-6-10-20(14-21)25(30)31/h3-15H,16H2,1-2H3,(H,30,31)/b23-15-,27-26?. The molecular formula is C26H22N2O4S. The lowest BCUT2D eigenvalue weighted by Crippen LogP contribution is -2.23. The lowest BCUT2D eigenvalue weighted by atomic mass is 10.1. The lowest BCUT2D eigenvalue weighted by Gasteiger charge is -2.10. The molecule has 1 saturated heterocycles. The quantitative estimate of drug-likeness (QED) is 0.493. The largest absolute Gasteiger partial charge is 0.488 e. The molecule has 0 aromatic heterocycles. The summed E-state index contributed by atoms with van der Waals surface area (Å²) in [5, 5.41) is 9.67. The van der Waals surface area contributed by atoms with E-state index in [2.05, 4.69) is 11.1 Å². The number of amidine groups is 1. The fourth-order valence-electron chi connectivity index (χ4n) is 3.31. The van der Waals surface area contributed by atoms with Gasteiger partial charge >= 0.3 is 5.97 Å². The van der Waals surface area contributed by atoms with Gasteiger partial charge in [0, 0.05) is 12.6 Å². The number of carboxylic acids is 1. The van der Waals surface area contributed by atoms with E-state index in [1.165, 1.54) is 34.4 Å². The third kappa shape index (κ3) is 5.32. The highest BCUT2D eigenvalue weighted by atomic mass is 32.2. The number of aryl methyl sites for hydroxylation is 1. The fourth-order valence-corrected chi connectivity index (χ4v) is 4.28. The molecule has 1 heterocycles. The zero-order valence-corrected chi connectivity index (χ0v) is 19.0. The monoisotopic (exact) mass is 458 g/mol. The number of carboxylic acid groups (broad SMARTS) is 1. The number of aromatic carboxylic acids is 1. The van der Waals surface area contributed by atoms with Gasteiger partial charge in [-0.3, -0.25) is 9.69 Å². The Hall–Kier alpha value is -3.84. The average Bonchev–Trinajstić information content (AvgIpc) is 3.06. The van der Waals surface area contributed by atoms with Crippen molar-refractivity contribution in [1.29, 1.82) is 0 Å². The van der Waals surface area contributed by atoms with Crippen LogP contribution in [0.2, 0.25) is 0 Å². The molecule has 4 rings (SSSR count). The van der Waals surface area contributed by atoms with Gasteiger partial charge in [-0.15, -0.1) is 0 Å². The Morgan fingerprint density at radius 1 is 1.09 bits per heavy atom. The molecule has 166 valence electrons.